The van der Waals surface area contributed by atoms with Crippen LogP contribution in [0.3, 0.4) is 0 Å². The van der Waals surface area contributed by atoms with Gasteiger partial charge in [0.05, 0.1) is 22.9 Å². The van der Waals surface area contributed by atoms with Crippen LogP contribution in [0.1, 0.15) is 23.6 Å². The average molecular weight is 590 g/mol. The smallest absolute Gasteiger partial charge is 0.175 e. The standard InChI is InChI=1S/C23H20Cl3IN2O2/c1-2-30-22-10-15(12-28-29-13-16-5-3-4-6-19(16)25)9-21(27)23(22)31-14-17-7-8-18(24)11-20(17)26/h3-12,29H,2,13-14H2,1H3/b28-12-. The van der Waals surface area contributed by atoms with Gasteiger partial charge in [-0.3, -0.25) is 0 Å². The first-order chi connectivity index (χ1) is 15.0. The predicted octanol–water partition coefficient (Wildman–Crippen LogP) is 7.35. The zero-order chi connectivity index (χ0) is 22.2. The molecule has 3 aromatic carbocycles. The maximum Gasteiger partial charge on any atom is 0.175 e. The first-order valence-electron chi connectivity index (χ1n) is 9.50. The van der Waals surface area contributed by atoms with Gasteiger partial charge in [0.25, 0.3) is 0 Å². The summed E-state index contributed by atoms with van der Waals surface area (Å²) in [6, 6.07) is 16.9. The van der Waals surface area contributed by atoms with Gasteiger partial charge in [-0.1, -0.05) is 59.1 Å². The van der Waals surface area contributed by atoms with Gasteiger partial charge in [0.2, 0.25) is 0 Å². The van der Waals surface area contributed by atoms with Crippen molar-refractivity contribution in [1.82, 2.24) is 5.43 Å². The van der Waals surface area contributed by atoms with Gasteiger partial charge in [-0.25, -0.2) is 0 Å². The molecule has 0 aliphatic heterocycles. The van der Waals surface area contributed by atoms with E-state index in [0.717, 1.165) is 20.3 Å². The van der Waals surface area contributed by atoms with Gasteiger partial charge in [-0.15, -0.1) is 0 Å². The second-order valence-corrected chi connectivity index (χ2v) is 8.88. The van der Waals surface area contributed by atoms with E-state index in [1.165, 1.54) is 0 Å². The van der Waals surface area contributed by atoms with Crippen LogP contribution in [0.15, 0.2) is 59.7 Å². The monoisotopic (exact) mass is 588 g/mol. The summed E-state index contributed by atoms with van der Waals surface area (Å²) in [5.74, 6) is 1.31. The van der Waals surface area contributed by atoms with Crippen LogP contribution in [0.5, 0.6) is 11.5 Å². The first kappa shape index (κ1) is 24.0. The van der Waals surface area contributed by atoms with E-state index in [1.807, 2.05) is 49.4 Å². The van der Waals surface area contributed by atoms with Crippen molar-refractivity contribution in [2.24, 2.45) is 5.10 Å². The minimum absolute atomic E-state index is 0.304. The van der Waals surface area contributed by atoms with E-state index < -0.39 is 0 Å². The van der Waals surface area contributed by atoms with Crippen LogP contribution in [0, 0.1) is 3.57 Å². The maximum absolute atomic E-state index is 6.26. The van der Waals surface area contributed by atoms with Crippen LogP contribution in [0.25, 0.3) is 0 Å². The Balaban J connectivity index is 1.71. The molecule has 0 fully saturated rings. The summed E-state index contributed by atoms with van der Waals surface area (Å²) in [5.41, 5.74) is 5.73. The van der Waals surface area contributed by atoms with Crippen molar-refractivity contribution in [1.29, 1.82) is 0 Å². The zero-order valence-corrected chi connectivity index (χ0v) is 21.1. The molecule has 0 unspecified atom stereocenters. The second-order valence-electron chi connectivity index (χ2n) is 6.47. The number of halogens is 4. The topological polar surface area (TPSA) is 42.8 Å². The SMILES string of the molecule is CCOc1cc(/C=N\NCc2ccccc2Cl)cc(I)c1OCc1ccc(Cl)cc1Cl. The van der Waals surface area contributed by atoms with Crippen molar-refractivity contribution in [3.63, 3.8) is 0 Å². The van der Waals surface area contributed by atoms with E-state index in [1.54, 1.807) is 18.3 Å². The largest absolute Gasteiger partial charge is 0.490 e. The Labute approximate surface area is 210 Å². The van der Waals surface area contributed by atoms with Crippen molar-refractivity contribution in [2.45, 2.75) is 20.1 Å². The third-order valence-electron chi connectivity index (χ3n) is 4.25. The minimum atomic E-state index is 0.304. The molecule has 0 spiro atoms. The highest BCUT2D eigenvalue weighted by Crippen LogP contribution is 2.35. The number of hydrogen-bond acceptors (Lipinski definition) is 4. The molecule has 0 aliphatic rings. The molecule has 31 heavy (non-hydrogen) atoms. The molecular weight excluding hydrogens is 570 g/mol. The average Bonchev–Trinajstić information content (AvgIpc) is 2.73. The second kappa shape index (κ2) is 11.8. The highest BCUT2D eigenvalue weighted by Gasteiger charge is 2.13. The van der Waals surface area contributed by atoms with Crippen LogP contribution < -0.4 is 14.9 Å². The Morgan fingerprint density at radius 3 is 2.52 bits per heavy atom. The molecule has 0 aliphatic carbocycles. The quantitative estimate of drug-likeness (QED) is 0.161. The number of hydrogen-bond donors (Lipinski definition) is 1. The summed E-state index contributed by atoms with van der Waals surface area (Å²) < 4.78 is 12.8. The fourth-order valence-electron chi connectivity index (χ4n) is 2.75. The number of nitrogens with one attached hydrogen (secondary N) is 1. The fraction of sp³-hybridized carbons (Fsp3) is 0.174. The van der Waals surface area contributed by atoms with Crippen molar-refractivity contribution in [3.05, 3.63) is 89.9 Å². The van der Waals surface area contributed by atoms with E-state index in [9.17, 15) is 0 Å². The summed E-state index contributed by atoms with van der Waals surface area (Å²) in [7, 11) is 0. The third-order valence-corrected chi connectivity index (χ3v) is 6.01. The third kappa shape index (κ3) is 6.91. The molecular formula is C23H20Cl3IN2O2. The molecule has 162 valence electrons. The van der Waals surface area contributed by atoms with Gasteiger partial charge < -0.3 is 14.9 Å². The predicted molar refractivity (Wildman–Crippen MR) is 137 cm³/mol. The number of nitrogens with zero attached hydrogens (tertiary/aromatic N) is 1. The molecule has 0 heterocycles. The van der Waals surface area contributed by atoms with Gasteiger partial charge in [-0.2, -0.15) is 5.10 Å². The minimum Gasteiger partial charge on any atom is -0.490 e. The number of rotatable bonds is 9. The van der Waals surface area contributed by atoms with Gasteiger partial charge >= 0.3 is 0 Å². The number of hydrazone groups is 1. The van der Waals surface area contributed by atoms with E-state index in [4.69, 9.17) is 44.3 Å². The molecule has 0 atom stereocenters. The van der Waals surface area contributed by atoms with E-state index in [2.05, 4.69) is 33.1 Å². The van der Waals surface area contributed by atoms with Crippen LogP contribution in [-0.2, 0) is 13.2 Å². The lowest BCUT2D eigenvalue weighted by Crippen LogP contribution is -2.06. The van der Waals surface area contributed by atoms with Gasteiger partial charge in [0.1, 0.15) is 6.61 Å². The van der Waals surface area contributed by atoms with Crippen molar-refractivity contribution in [3.8, 4) is 11.5 Å². The highest BCUT2D eigenvalue weighted by molar-refractivity contribution is 14.1. The summed E-state index contributed by atoms with van der Waals surface area (Å²) in [6.45, 7) is 3.28. The van der Waals surface area contributed by atoms with E-state index in [-0.39, 0.29) is 0 Å². The lowest BCUT2D eigenvalue weighted by atomic mass is 10.2. The van der Waals surface area contributed by atoms with Crippen LogP contribution in [-0.4, -0.2) is 12.8 Å². The van der Waals surface area contributed by atoms with Crippen molar-refractivity contribution < 1.29 is 9.47 Å². The normalized spacial score (nSPS) is 11.0. The first-order valence-corrected chi connectivity index (χ1v) is 11.7. The van der Waals surface area contributed by atoms with Gasteiger partial charge in [-0.05, 0) is 71.0 Å². The molecule has 3 rings (SSSR count). The summed E-state index contributed by atoms with van der Waals surface area (Å²) in [6.07, 6.45) is 1.74. The van der Waals surface area contributed by atoms with Crippen molar-refractivity contribution >= 4 is 63.6 Å². The van der Waals surface area contributed by atoms with E-state index >= 15 is 0 Å². The summed E-state index contributed by atoms with van der Waals surface area (Å²) >= 11 is 20.6. The molecule has 3 aromatic rings. The highest BCUT2D eigenvalue weighted by atomic mass is 127. The fourth-order valence-corrected chi connectivity index (χ4v) is 4.19. The van der Waals surface area contributed by atoms with E-state index in [0.29, 0.717) is 46.3 Å². The Bertz CT molecular complexity index is 1080. The Hall–Kier alpha value is -1.67. The van der Waals surface area contributed by atoms with Crippen LogP contribution in [0.4, 0.5) is 0 Å². The molecule has 0 bridgehead atoms. The van der Waals surface area contributed by atoms with Gasteiger partial charge in [0.15, 0.2) is 11.5 Å². The lowest BCUT2D eigenvalue weighted by Gasteiger charge is -2.15. The number of ether oxygens (including phenoxy) is 2. The Morgan fingerprint density at radius 1 is 0.968 bits per heavy atom. The molecule has 0 radical (unpaired) electrons. The Morgan fingerprint density at radius 2 is 1.77 bits per heavy atom. The van der Waals surface area contributed by atoms with Crippen LogP contribution in [0.2, 0.25) is 15.1 Å². The molecule has 8 heteroatoms. The molecule has 0 amide bonds. The summed E-state index contributed by atoms with van der Waals surface area (Å²) in [4.78, 5) is 0. The number of benzene rings is 3. The zero-order valence-electron chi connectivity index (χ0n) is 16.7. The Kier molecular flexibility index (Phi) is 9.14. The van der Waals surface area contributed by atoms with Crippen LogP contribution >= 0.6 is 57.4 Å². The molecule has 4 nitrogen and oxygen atoms in total. The van der Waals surface area contributed by atoms with Crippen molar-refractivity contribution in [2.75, 3.05) is 6.61 Å². The molecule has 0 aromatic heterocycles. The molecule has 0 saturated heterocycles. The van der Waals surface area contributed by atoms with Gasteiger partial charge in [0, 0.05) is 20.6 Å². The summed E-state index contributed by atoms with van der Waals surface area (Å²) in [5, 5.41) is 6.16. The maximum atomic E-state index is 6.26. The lowest BCUT2D eigenvalue weighted by molar-refractivity contribution is 0.267. The molecule has 1 N–H and O–H groups in total. The molecule has 0 saturated carbocycles.